The van der Waals surface area contributed by atoms with Gasteiger partial charge in [0.25, 0.3) is 0 Å². The third kappa shape index (κ3) is 2.80. The van der Waals surface area contributed by atoms with Crippen LogP contribution in [0.4, 0.5) is 0 Å². The Bertz CT molecular complexity index is 84.1. The smallest absolute Gasteiger partial charge is 0.0556 e. The molecule has 0 atom stereocenters. The molecule has 0 saturated carbocycles. The largest absolute Gasteiger partial charge is 0.380 e. The second-order valence-corrected chi connectivity index (χ2v) is 2.88. The minimum Gasteiger partial charge on any atom is -0.380 e. The van der Waals surface area contributed by atoms with Crippen molar-refractivity contribution in [2.24, 2.45) is 5.41 Å². The minimum atomic E-state index is 0.481. The van der Waals surface area contributed by atoms with Crippen molar-refractivity contribution in [3.63, 3.8) is 0 Å². The molecule has 1 fully saturated rings. The molecule has 1 aliphatic rings. The Labute approximate surface area is 70.3 Å². The first-order chi connectivity index (χ1) is 5.33. The van der Waals surface area contributed by atoms with Crippen LogP contribution in [0.3, 0.4) is 0 Å². The summed E-state index contributed by atoms with van der Waals surface area (Å²) >= 11 is 0. The first kappa shape index (κ1) is 10.9. The molecule has 1 heterocycles. The molecule has 1 N–H and O–H groups in total. The van der Waals surface area contributed by atoms with Crippen LogP contribution in [0.15, 0.2) is 0 Å². The lowest BCUT2D eigenvalue weighted by Crippen LogP contribution is -2.48. The highest BCUT2D eigenvalue weighted by molar-refractivity contribution is 4.85. The third-order valence-electron chi connectivity index (χ3n) is 2.12. The lowest BCUT2D eigenvalue weighted by Gasteiger charge is -2.40. The summed E-state index contributed by atoms with van der Waals surface area (Å²) in [4.78, 5) is 0. The molecular formula is C9H21NO. The predicted octanol–water partition coefficient (Wildman–Crippen LogP) is 1.66. The molecule has 0 aromatic rings. The number of rotatable bonds is 3. The van der Waals surface area contributed by atoms with Gasteiger partial charge in [-0.05, 0) is 13.5 Å². The van der Waals surface area contributed by atoms with Crippen molar-refractivity contribution in [1.29, 1.82) is 0 Å². The van der Waals surface area contributed by atoms with E-state index < -0.39 is 0 Å². The second-order valence-electron chi connectivity index (χ2n) is 2.88. The summed E-state index contributed by atoms with van der Waals surface area (Å²) in [5, 5.41) is 3.18. The van der Waals surface area contributed by atoms with Gasteiger partial charge in [-0.2, -0.15) is 0 Å². The van der Waals surface area contributed by atoms with Crippen LogP contribution in [0.25, 0.3) is 0 Å². The van der Waals surface area contributed by atoms with E-state index in [1.165, 1.54) is 6.42 Å². The summed E-state index contributed by atoms with van der Waals surface area (Å²) in [5.74, 6) is 0. The van der Waals surface area contributed by atoms with Gasteiger partial charge in [-0.15, -0.1) is 0 Å². The first-order valence-corrected chi connectivity index (χ1v) is 4.55. The van der Waals surface area contributed by atoms with E-state index in [0.29, 0.717) is 5.41 Å². The number of hydrogen-bond donors (Lipinski definition) is 1. The molecule has 0 bridgehead atoms. The lowest BCUT2D eigenvalue weighted by molar-refractivity contribution is -0.112. The number of ether oxygens (including phenoxy) is 1. The van der Waals surface area contributed by atoms with E-state index in [1.807, 2.05) is 20.9 Å². The number of nitrogens with one attached hydrogen (secondary N) is 1. The Kier molecular flexibility index (Phi) is 5.51. The molecule has 0 unspecified atom stereocenters. The fourth-order valence-corrected chi connectivity index (χ4v) is 1.20. The van der Waals surface area contributed by atoms with Gasteiger partial charge in [0.15, 0.2) is 0 Å². The highest BCUT2D eigenvalue weighted by atomic mass is 16.5. The highest BCUT2D eigenvalue weighted by Crippen LogP contribution is 2.29. The van der Waals surface area contributed by atoms with Crippen molar-refractivity contribution >= 4 is 0 Å². The zero-order chi connectivity index (χ0) is 8.74. The van der Waals surface area contributed by atoms with Crippen molar-refractivity contribution in [2.45, 2.75) is 27.2 Å². The summed E-state index contributed by atoms with van der Waals surface area (Å²) in [7, 11) is 2.00. The molecule has 1 saturated heterocycles. The van der Waals surface area contributed by atoms with E-state index in [0.717, 1.165) is 19.8 Å². The van der Waals surface area contributed by atoms with Crippen LogP contribution in [0.5, 0.6) is 0 Å². The molecule has 1 aliphatic heterocycles. The standard InChI is InChI=1S/C7H15NO.C2H6/c1-3-7(4-8-2)5-9-6-7;1-2/h8H,3-6H2,1-2H3;1-2H3. The third-order valence-corrected chi connectivity index (χ3v) is 2.12. The van der Waals surface area contributed by atoms with E-state index in [9.17, 15) is 0 Å². The van der Waals surface area contributed by atoms with Gasteiger partial charge in [0.05, 0.1) is 13.2 Å². The zero-order valence-corrected chi connectivity index (χ0v) is 8.24. The van der Waals surface area contributed by atoms with Gasteiger partial charge in [0.1, 0.15) is 0 Å². The Morgan fingerprint density at radius 1 is 1.36 bits per heavy atom. The molecule has 11 heavy (non-hydrogen) atoms. The highest BCUT2D eigenvalue weighted by Gasteiger charge is 2.35. The van der Waals surface area contributed by atoms with Crippen molar-refractivity contribution in [2.75, 3.05) is 26.8 Å². The van der Waals surface area contributed by atoms with Crippen molar-refractivity contribution in [3.05, 3.63) is 0 Å². The Balaban J connectivity index is 0.000000461. The van der Waals surface area contributed by atoms with Crippen LogP contribution >= 0.6 is 0 Å². The fraction of sp³-hybridized carbons (Fsp3) is 1.00. The average Bonchev–Trinajstić information content (AvgIpc) is 2.01. The predicted molar refractivity (Wildman–Crippen MR) is 48.8 cm³/mol. The quantitative estimate of drug-likeness (QED) is 0.676. The maximum absolute atomic E-state index is 5.14. The van der Waals surface area contributed by atoms with Gasteiger partial charge in [-0.3, -0.25) is 0 Å². The molecule has 0 amide bonds. The second kappa shape index (κ2) is 5.56. The van der Waals surface area contributed by atoms with Crippen LogP contribution in [-0.2, 0) is 4.74 Å². The maximum atomic E-state index is 5.14. The maximum Gasteiger partial charge on any atom is 0.0556 e. The van der Waals surface area contributed by atoms with Crippen LogP contribution in [0, 0.1) is 5.41 Å². The van der Waals surface area contributed by atoms with Crippen LogP contribution in [0.2, 0.25) is 0 Å². The number of hydrogen-bond acceptors (Lipinski definition) is 2. The molecule has 0 aliphatic carbocycles. The summed E-state index contributed by atoms with van der Waals surface area (Å²) in [6.45, 7) is 9.22. The molecular weight excluding hydrogens is 138 g/mol. The molecule has 2 heteroatoms. The lowest BCUT2D eigenvalue weighted by atomic mass is 9.83. The molecule has 1 rings (SSSR count). The van der Waals surface area contributed by atoms with E-state index in [2.05, 4.69) is 12.2 Å². The SMILES string of the molecule is CC.CCC1(CNC)COC1. The Morgan fingerprint density at radius 3 is 2.00 bits per heavy atom. The summed E-state index contributed by atoms with van der Waals surface area (Å²) in [6, 6.07) is 0. The van der Waals surface area contributed by atoms with Gasteiger partial charge in [-0.25, -0.2) is 0 Å². The van der Waals surface area contributed by atoms with Gasteiger partial charge < -0.3 is 10.1 Å². The van der Waals surface area contributed by atoms with Crippen LogP contribution < -0.4 is 5.32 Å². The van der Waals surface area contributed by atoms with E-state index in [1.54, 1.807) is 0 Å². The first-order valence-electron chi connectivity index (χ1n) is 4.55. The van der Waals surface area contributed by atoms with Crippen LogP contribution in [0.1, 0.15) is 27.2 Å². The summed E-state index contributed by atoms with van der Waals surface area (Å²) in [5.41, 5.74) is 0.481. The van der Waals surface area contributed by atoms with Crippen LogP contribution in [-0.4, -0.2) is 26.8 Å². The summed E-state index contributed by atoms with van der Waals surface area (Å²) < 4.78 is 5.14. The van der Waals surface area contributed by atoms with Gasteiger partial charge in [-0.1, -0.05) is 20.8 Å². The van der Waals surface area contributed by atoms with E-state index in [-0.39, 0.29) is 0 Å². The average molecular weight is 159 g/mol. The Morgan fingerprint density at radius 2 is 1.91 bits per heavy atom. The van der Waals surface area contributed by atoms with Crippen molar-refractivity contribution < 1.29 is 4.74 Å². The Hall–Kier alpha value is -0.0800. The molecule has 0 spiro atoms. The monoisotopic (exact) mass is 159 g/mol. The summed E-state index contributed by atoms with van der Waals surface area (Å²) in [6.07, 6.45) is 1.23. The van der Waals surface area contributed by atoms with Gasteiger partial charge >= 0.3 is 0 Å². The van der Waals surface area contributed by atoms with E-state index in [4.69, 9.17) is 4.74 Å². The van der Waals surface area contributed by atoms with Crippen molar-refractivity contribution in [3.8, 4) is 0 Å². The normalized spacial score (nSPS) is 19.6. The molecule has 0 radical (unpaired) electrons. The molecule has 2 nitrogen and oxygen atoms in total. The van der Waals surface area contributed by atoms with Gasteiger partial charge in [0.2, 0.25) is 0 Å². The van der Waals surface area contributed by atoms with Crippen molar-refractivity contribution in [1.82, 2.24) is 5.32 Å². The fourth-order valence-electron chi connectivity index (χ4n) is 1.20. The molecule has 0 aromatic carbocycles. The topological polar surface area (TPSA) is 21.3 Å². The zero-order valence-electron chi connectivity index (χ0n) is 8.24. The van der Waals surface area contributed by atoms with Gasteiger partial charge in [0, 0.05) is 12.0 Å². The molecule has 0 aromatic heterocycles. The molecule has 68 valence electrons. The minimum absolute atomic E-state index is 0.481. The van der Waals surface area contributed by atoms with E-state index >= 15 is 0 Å².